The third-order valence-electron chi connectivity index (χ3n) is 7.14. The van der Waals surface area contributed by atoms with Crippen LogP contribution < -0.4 is 10.2 Å². The highest BCUT2D eigenvalue weighted by Gasteiger charge is 2.41. The molecule has 0 aromatic heterocycles. The zero-order valence-corrected chi connectivity index (χ0v) is 19.5. The summed E-state index contributed by atoms with van der Waals surface area (Å²) in [5, 5.41) is 3.04. The van der Waals surface area contributed by atoms with Gasteiger partial charge >= 0.3 is 0 Å². The standard InChI is InChI=1S/C28H31N3O3/c32-26(29-16-15-20-8-2-1-3-9-20)22-11-6-10-21(18-22)19-31-24-13-5-4-12-23(24)27(33)30-17-7-14-25(30)28(31)34/h4-6,8,10-13,18,25H,1-3,7,9,14-17,19H2,(H,29,32)/t25-/m0/s1. The lowest BCUT2D eigenvalue weighted by Crippen LogP contribution is -2.44. The fourth-order valence-corrected chi connectivity index (χ4v) is 5.34. The molecule has 3 aliphatic rings. The van der Waals surface area contributed by atoms with Crippen LogP contribution in [0.1, 0.15) is 71.2 Å². The largest absolute Gasteiger partial charge is 0.352 e. The summed E-state index contributed by atoms with van der Waals surface area (Å²) >= 11 is 0. The predicted octanol–water partition coefficient (Wildman–Crippen LogP) is 4.46. The van der Waals surface area contributed by atoms with Crippen LogP contribution in [0.15, 0.2) is 60.2 Å². The van der Waals surface area contributed by atoms with Crippen LogP contribution in [-0.2, 0) is 11.3 Å². The number of allylic oxidation sites excluding steroid dienone is 1. The van der Waals surface area contributed by atoms with E-state index in [1.807, 2.05) is 36.4 Å². The van der Waals surface area contributed by atoms with E-state index in [0.717, 1.165) is 31.2 Å². The van der Waals surface area contributed by atoms with Crippen molar-refractivity contribution in [2.75, 3.05) is 18.0 Å². The zero-order chi connectivity index (χ0) is 23.5. The van der Waals surface area contributed by atoms with E-state index in [1.54, 1.807) is 21.9 Å². The normalized spacial score (nSPS) is 19.9. The van der Waals surface area contributed by atoms with Gasteiger partial charge in [-0.3, -0.25) is 14.4 Å². The van der Waals surface area contributed by atoms with Gasteiger partial charge in [0, 0.05) is 18.7 Å². The molecule has 6 heteroatoms. The number of para-hydroxylation sites is 1. The van der Waals surface area contributed by atoms with E-state index in [4.69, 9.17) is 0 Å². The molecular formula is C28H31N3O3. The number of nitrogens with zero attached hydrogens (tertiary/aromatic N) is 2. The van der Waals surface area contributed by atoms with E-state index in [1.165, 1.54) is 18.4 Å². The van der Waals surface area contributed by atoms with Gasteiger partial charge in [0.15, 0.2) is 0 Å². The van der Waals surface area contributed by atoms with Gasteiger partial charge in [-0.05, 0) is 74.8 Å². The maximum atomic E-state index is 13.5. The quantitative estimate of drug-likeness (QED) is 0.651. The summed E-state index contributed by atoms with van der Waals surface area (Å²) in [5.41, 5.74) is 4.09. The van der Waals surface area contributed by atoms with Gasteiger partial charge in [0.2, 0.25) is 5.91 Å². The van der Waals surface area contributed by atoms with Crippen LogP contribution in [0.5, 0.6) is 0 Å². The molecule has 2 aromatic rings. The molecule has 34 heavy (non-hydrogen) atoms. The van der Waals surface area contributed by atoms with Crippen molar-refractivity contribution < 1.29 is 14.4 Å². The van der Waals surface area contributed by atoms with Crippen LogP contribution >= 0.6 is 0 Å². The first kappa shape index (κ1) is 22.4. The number of hydrogen-bond acceptors (Lipinski definition) is 3. The van der Waals surface area contributed by atoms with Gasteiger partial charge in [0.05, 0.1) is 17.8 Å². The number of anilines is 1. The molecule has 1 aliphatic carbocycles. The minimum Gasteiger partial charge on any atom is -0.352 e. The Hall–Kier alpha value is -3.41. The first-order chi connectivity index (χ1) is 16.6. The Kier molecular flexibility index (Phi) is 6.48. The van der Waals surface area contributed by atoms with Crippen molar-refractivity contribution in [3.63, 3.8) is 0 Å². The minimum atomic E-state index is -0.416. The summed E-state index contributed by atoms with van der Waals surface area (Å²) in [4.78, 5) is 42.8. The number of carbonyl (C=O) groups is 3. The molecule has 0 unspecified atom stereocenters. The number of fused-ring (bicyclic) bond motifs is 2. The second-order valence-corrected chi connectivity index (χ2v) is 9.41. The lowest BCUT2D eigenvalue weighted by atomic mass is 9.97. The van der Waals surface area contributed by atoms with Crippen molar-refractivity contribution in [1.29, 1.82) is 0 Å². The number of rotatable bonds is 6. The average Bonchev–Trinajstić information content (AvgIpc) is 3.35. The third kappa shape index (κ3) is 4.49. The minimum absolute atomic E-state index is 0.0496. The lowest BCUT2D eigenvalue weighted by molar-refractivity contribution is -0.122. The molecule has 2 aliphatic heterocycles. The van der Waals surface area contributed by atoms with Crippen LogP contribution in [-0.4, -0.2) is 41.8 Å². The molecule has 0 radical (unpaired) electrons. The molecule has 2 aromatic carbocycles. The Morgan fingerprint density at radius 1 is 1.03 bits per heavy atom. The summed E-state index contributed by atoms with van der Waals surface area (Å²) in [6.45, 7) is 1.57. The predicted molar refractivity (Wildman–Crippen MR) is 132 cm³/mol. The van der Waals surface area contributed by atoms with Gasteiger partial charge in [0.1, 0.15) is 6.04 Å². The van der Waals surface area contributed by atoms with E-state index >= 15 is 0 Å². The second-order valence-electron chi connectivity index (χ2n) is 9.41. The zero-order valence-electron chi connectivity index (χ0n) is 19.5. The van der Waals surface area contributed by atoms with Crippen LogP contribution in [0.3, 0.4) is 0 Å². The summed E-state index contributed by atoms with van der Waals surface area (Å²) in [6, 6.07) is 14.4. The molecule has 0 spiro atoms. The molecule has 0 saturated carbocycles. The highest BCUT2D eigenvalue weighted by atomic mass is 16.2. The molecule has 2 heterocycles. The summed E-state index contributed by atoms with van der Waals surface area (Å²) in [6.07, 6.45) is 9.52. The van der Waals surface area contributed by atoms with Crippen LogP contribution in [0.2, 0.25) is 0 Å². The first-order valence-electron chi connectivity index (χ1n) is 12.4. The Morgan fingerprint density at radius 3 is 2.76 bits per heavy atom. The maximum Gasteiger partial charge on any atom is 0.256 e. The van der Waals surface area contributed by atoms with Gasteiger partial charge in [-0.15, -0.1) is 0 Å². The Balaban J connectivity index is 1.32. The highest BCUT2D eigenvalue weighted by Crippen LogP contribution is 2.33. The summed E-state index contributed by atoms with van der Waals surface area (Å²) in [5.74, 6) is -0.223. The summed E-state index contributed by atoms with van der Waals surface area (Å²) < 4.78 is 0. The van der Waals surface area contributed by atoms with Crippen molar-refractivity contribution in [3.05, 3.63) is 76.9 Å². The smallest absolute Gasteiger partial charge is 0.256 e. The van der Waals surface area contributed by atoms with Gasteiger partial charge in [-0.25, -0.2) is 0 Å². The van der Waals surface area contributed by atoms with E-state index in [0.29, 0.717) is 42.9 Å². The lowest BCUT2D eigenvalue weighted by Gasteiger charge is -2.26. The number of nitrogens with one attached hydrogen (secondary N) is 1. The Morgan fingerprint density at radius 2 is 1.91 bits per heavy atom. The maximum absolute atomic E-state index is 13.5. The van der Waals surface area contributed by atoms with Crippen LogP contribution in [0.4, 0.5) is 5.69 Å². The van der Waals surface area contributed by atoms with Crippen molar-refractivity contribution in [2.45, 2.75) is 57.5 Å². The van der Waals surface area contributed by atoms with Crippen molar-refractivity contribution in [3.8, 4) is 0 Å². The molecule has 1 saturated heterocycles. The van der Waals surface area contributed by atoms with Crippen molar-refractivity contribution >= 4 is 23.4 Å². The number of carbonyl (C=O) groups excluding carboxylic acids is 3. The number of benzene rings is 2. The van der Waals surface area contributed by atoms with E-state index in [-0.39, 0.29) is 17.7 Å². The second kappa shape index (κ2) is 9.84. The molecule has 1 fully saturated rings. The van der Waals surface area contributed by atoms with Crippen molar-refractivity contribution in [2.24, 2.45) is 0 Å². The van der Waals surface area contributed by atoms with Gasteiger partial charge in [-0.2, -0.15) is 0 Å². The van der Waals surface area contributed by atoms with Gasteiger partial charge in [-0.1, -0.05) is 35.9 Å². The fraction of sp³-hybridized carbons (Fsp3) is 0.393. The van der Waals surface area contributed by atoms with E-state index in [2.05, 4.69) is 11.4 Å². The molecule has 0 bridgehead atoms. The Labute approximate surface area is 200 Å². The van der Waals surface area contributed by atoms with Crippen LogP contribution in [0, 0.1) is 0 Å². The van der Waals surface area contributed by atoms with Crippen LogP contribution in [0.25, 0.3) is 0 Å². The van der Waals surface area contributed by atoms with Gasteiger partial charge < -0.3 is 15.1 Å². The first-order valence-corrected chi connectivity index (χ1v) is 12.4. The third-order valence-corrected chi connectivity index (χ3v) is 7.14. The molecule has 5 rings (SSSR count). The Bertz CT molecular complexity index is 1140. The molecule has 176 valence electrons. The van der Waals surface area contributed by atoms with Crippen molar-refractivity contribution in [1.82, 2.24) is 10.2 Å². The monoisotopic (exact) mass is 457 g/mol. The highest BCUT2D eigenvalue weighted by molar-refractivity contribution is 6.11. The topological polar surface area (TPSA) is 69.7 Å². The van der Waals surface area contributed by atoms with E-state index in [9.17, 15) is 14.4 Å². The number of hydrogen-bond donors (Lipinski definition) is 1. The SMILES string of the molecule is O=C(NCCC1=CCCCC1)c1cccc(CN2C(=O)[C@@H]3CCCN3C(=O)c3ccccc32)c1. The molecule has 1 N–H and O–H groups in total. The number of amides is 3. The average molecular weight is 458 g/mol. The fourth-order valence-electron chi connectivity index (χ4n) is 5.34. The molecular weight excluding hydrogens is 426 g/mol. The molecule has 6 nitrogen and oxygen atoms in total. The summed E-state index contributed by atoms with van der Waals surface area (Å²) in [7, 11) is 0. The van der Waals surface area contributed by atoms with E-state index < -0.39 is 6.04 Å². The van der Waals surface area contributed by atoms with Gasteiger partial charge in [0.25, 0.3) is 11.8 Å². The molecule has 3 amide bonds. The molecule has 1 atom stereocenters.